The van der Waals surface area contributed by atoms with Gasteiger partial charge in [0.05, 0.1) is 15.9 Å². The second-order valence-electron chi connectivity index (χ2n) is 9.05. The van der Waals surface area contributed by atoms with Gasteiger partial charge in [0, 0.05) is 26.2 Å². The molecule has 6 nitrogen and oxygen atoms in total. The zero-order valence-corrected chi connectivity index (χ0v) is 20.2. The third kappa shape index (κ3) is 4.99. The van der Waals surface area contributed by atoms with E-state index in [4.69, 9.17) is 0 Å². The number of carbonyl (C=O) groups is 1. The van der Waals surface area contributed by atoms with Crippen molar-refractivity contribution in [2.45, 2.75) is 31.7 Å². The molecule has 0 radical (unpaired) electrons. The number of carbonyl (C=O) groups excluding carboxylic acids is 1. The molecular weight excluding hydrogens is 449 g/mol. The van der Waals surface area contributed by atoms with E-state index in [0.29, 0.717) is 16.8 Å². The molecule has 2 aromatic carbocycles. The number of nitrogens with one attached hydrogen (secondary N) is 2. The standard InChI is InChI=1S/C22H21FN4OS.C4H9N.2H2/c1-26-10-8-15(9-11-26)24-21(28)14-6-7-19-20(12-14)29-22-25-18(13-27(19)22)16-4-2-3-5-17(16)23;1-2-4-5-3-1;;/h2-7,12-13,15H,8-11H2,1H3,(H,24,28);5H,1-4H2;2*1H. The Morgan fingerprint density at radius 2 is 1.94 bits per heavy atom. The van der Waals surface area contributed by atoms with Crippen molar-refractivity contribution >= 4 is 32.4 Å². The van der Waals surface area contributed by atoms with Gasteiger partial charge in [0.2, 0.25) is 0 Å². The minimum absolute atomic E-state index is 0. The van der Waals surface area contributed by atoms with Crippen molar-refractivity contribution in [1.29, 1.82) is 0 Å². The number of thiazole rings is 1. The van der Waals surface area contributed by atoms with E-state index in [2.05, 4.69) is 27.6 Å². The number of hydrogen-bond acceptors (Lipinski definition) is 5. The van der Waals surface area contributed by atoms with Crippen molar-refractivity contribution in [2.24, 2.45) is 0 Å². The zero-order chi connectivity index (χ0) is 23.5. The number of likely N-dealkylation sites (tertiary alicyclic amines) is 1. The zero-order valence-electron chi connectivity index (χ0n) is 19.4. The van der Waals surface area contributed by atoms with Crippen LogP contribution in [0, 0.1) is 5.82 Å². The summed E-state index contributed by atoms with van der Waals surface area (Å²) in [7, 11) is 2.11. The number of benzene rings is 2. The maximum Gasteiger partial charge on any atom is 0.251 e. The lowest BCUT2D eigenvalue weighted by molar-refractivity contribution is 0.0917. The normalized spacial score (nSPS) is 17.1. The van der Waals surface area contributed by atoms with E-state index in [1.54, 1.807) is 18.2 Å². The number of nitrogens with zero attached hydrogens (tertiary/aromatic N) is 3. The number of amides is 1. The van der Waals surface area contributed by atoms with E-state index in [1.165, 1.54) is 43.3 Å². The average molecular weight is 484 g/mol. The highest BCUT2D eigenvalue weighted by Crippen LogP contribution is 2.31. The summed E-state index contributed by atoms with van der Waals surface area (Å²) in [5.74, 6) is -0.310. The first-order chi connectivity index (χ1) is 16.6. The molecule has 182 valence electrons. The van der Waals surface area contributed by atoms with Gasteiger partial charge in [-0.25, -0.2) is 9.37 Å². The Morgan fingerprint density at radius 1 is 1.18 bits per heavy atom. The van der Waals surface area contributed by atoms with Crippen LogP contribution in [0.15, 0.2) is 48.7 Å². The molecule has 4 aromatic rings. The van der Waals surface area contributed by atoms with Gasteiger partial charge in [-0.2, -0.15) is 0 Å². The van der Waals surface area contributed by atoms with Crippen molar-refractivity contribution in [3.8, 4) is 11.3 Å². The summed E-state index contributed by atoms with van der Waals surface area (Å²) in [4.78, 5) is 20.3. The predicted molar refractivity (Wildman–Crippen MR) is 140 cm³/mol. The van der Waals surface area contributed by atoms with Crippen LogP contribution in [0.2, 0.25) is 0 Å². The van der Waals surface area contributed by atoms with Crippen molar-refractivity contribution in [2.75, 3.05) is 33.2 Å². The molecule has 2 N–H and O–H groups in total. The molecule has 2 saturated heterocycles. The van der Waals surface area contributed by atoms with E-state index in [0.717, 1.165) is 41.1 Å². The van der Waals surface area contributed by atoms with E-state index in [-0.39, 0.29) is 20.6 Å². The van der Waals surface area contributed by atoms with E-state index in [9.17, 15) is 9.18 Å². The molecule has 0 atom stereocenters. The third-order valence-corrected chi connectivity index (χ3v) is 7.53. The van der Waals surface area contributed by atoms with Crippen LogP contribution in [-0.2, 0) is 0 Å². The van der Waals surface area contributed by atoms with Gasteiger partial charge < -0.3 is 15.5 Å². The predicted octanol–water partition coefficient (Wildman–Crippen LogP) is 5.04. The fraction of sp³-hybridized carbons (Fsp3) is 0.385. The Bertz CT molecular complexity index is 1290. The number of aromatic nitrogens is 2. The van der Waals surface area contributed by atoms with Gasteiger partial charge in [0.1, 0.15) is 5.82 Å². The van der Waals surface area contributed by atoms with Crippen LogP contribution in [0.5, 0.6) is 0 Å². The van der Waals surface area contributed by atoms with Crippen molar-refractivity contribution < 1.29 is 12.0 Å². The highest BCUT2D eigenvalue weighted by atomic mass is 32.1. The number of halogens is 1. The quantitative estimate of drug-likeness (QED) is 0.429. The summed E-state index contributed by atoms with van der Waals surface area (Å²) in [6.07, 6.45) is 6.59. The Morgan fingerprint density at radius 3 is 2.65 bits per heavy atom. The minimum Gasteiger partial charge on any atom is -0.349 e. The van der Waals surface area contributed by atoms with Gasteiger partial charge in [-0.1, -0.05) is 23.5 Å². The van der Waals surface area contributed by atoms with Crippen LogP contribution in [0.4, 0.5) is 4.39 Å². The molecule has 0 spiro atoms. The van der Waals surface area contributed by atoms with E-state index in [1.807, 2.05) is 28.8 Å². The molecule has 0 unspecified atom stereocenters. The smallest absolute Gasteiger partial charge is 0.251 e. The van der Waals surface area contributed by atoms with Crippen molar-refractivity contribution in [3.05, 3.63) is 60.0 Å². The summed E-state index contributed by atoms with van der Waals surface area (Å²) in [5, 5.41) is 6.38. The second-order valence-corrected chi connectivity index (χ2v) is 10.1. The van der Waals surface area contributed by atoms with Gasteiger partial charge in [-0.15, -0.1) is 0 Å². The summed E-state index contributed by atoms with van der Waals surface area (Å²) in [6.45, 7) is 4.52. The van der Waals surface area contributed by atoms with Gasteiger partial charge in [0.25, 0.3) is 5.91 Å². The fourth-order valence-electron chi connectivity index (χ4n) is 4.49. The first kappa shape index (κ1) is 23.0. The Balaban J connectivity index is 0.000000463. The summed E-state index contributed by atoms with van der Waals surface area (Å²) < 4.78 is 17.0. The molecule has 0 aliphatic carbocycles. The van der Waals surface area contributed by atoms with Crippen LogP contribution >= 0.6 is 11.3 Å². The van der Waals surface area contributed by atoms with Crippen LogP contribution in [0.1, 0.15) is 38.9 Å². The van der Waals surface area contributed by atoms with E-state index < -0.39 is 0 Å². The molecule has 0 saturated carbocycles. The largest absolute Gasteiger partial charge is 0.349 e. The number of fused-ring (bicyclic) bond motifs is 3. The lowest BCUT2D eigenvalue weighted by atomic mass is 10.0. The molecular formula is C26H34FN5OS. The average Bonchev–Trinajstić information content (AvgIpc) is 3.59. The maximum absolute atomic E-state index is 14.1. The lowest BCUT2D eigenvalue weighted by Crippen LogP contribution is -2.43. The van der Waals surface area contributed by atoms with Crippen LogP contribution < -0.4 is 10.6 Å². The van der Waals surface area contributed by atoms with Gasteiger partial charge in [0.15, 0.2) is 4.96 Å². The number of rotatable bonds is 3. The summed E-state index contributed by atoms with van der Waals surface area (Å²) in [5.41, 5.74) is 2.73. The molecule has 6 rings (SSSR count). The number of piperidine rings is 1. The molecule has 0 bridgehead atoms. The first-order valence-electron chi connectivity index (χ1n) is 11.9. The first-order valence-corrected chi connectivity index (χ1v) is 12.8. The molecule has 8 heteroatoms. The Labute approximate surface area is 205 Å². The molecule has 2 aromatic heterocycles. The highest BCUT2D eigenvalue weighted by molar-refractivity contribution is 7.23. The number of imidazole rings is 1. The number of hydrogen-bond donors (Lipinski definition) is 2. The van der Waals surface area contributed by atoms with Crippen molar-refractivity contribution in [3.63, 3.8) is 0 Å². The molecule has 34 heavy (non-hydrogen) atoms. The van der Waals surface area contributed by atoms with Crippen LogP contribution in [0.3, 0.4) is 0 Å². The van der Waals surface area contributed by atoms with E-state index >= 15 is 0 Å². The molecule has 2 fully saturated rings. The molecule has 2 aliphatic heterocycles. The van der Waals surface area contributed by atoms with Crippen molar-refractivity contribution in [1.82, 2.24) is 24.9 Å². The minimum atomic E-state index is -0.282. The second kappa shape index (κ2) is 10.2. The SMILES string of the molecule is C1CCNC1.CN1CCC(NC(=O)c2ccc3c(c2)sc2nc(-c4ccccc4F)cn23)CC1.[HH].[HH]. The fourth-order valence-corrected chi connectivity index (χ4v) is 5.53. The molecule has 2 aliphatic rings. The van der Waals surface area contributed by atoms with Gasteiger partial charge in [-0.05, 0) is 89.2 Å². The summed E-state index contributed by atoms with van der Waals surface area (Å²) >= 11 is 1.50. The summed E-state index contributed by atoms with van der Waals surface area (Å²) in [6, 6.07) is 12.6. The Hall–Kier alpha value is -2.81. The van der Waals surface area contributed by atoms with Gasteiger partial charge in [-0.3, -0.25) is 9.20 Å². The molecule has 1 amide bonds. The van der Waals surface area contributed by atoms with Gasteiger partial charge >= 0.3 is 0 Å². The maximum atomic E-state index is 14.1. The lowest BCUT2D eigenvalue weighted by Gasteiger charge is -2.29. The highest BCUT2D eigenvalue weighted by Gasteiger charge is 2.20. The third-order valence-electron chi connectivity index (χ3n) is 6.52. The van der Waals surface area contributed by atoms with Crippen LogP contribution in [-0.4, -0.2) is 59.5 Å². The van der Waals surface area contributed by atoms with Crippen LogP contribution in [0.25, 0.3) is 26.4 Å². The monoisotopic (exact) mass is 483 g/mol. The topological polar surface area (TPSA) is 61.7 Å². The molecule has 4 heterocycles. The Kier molecular flexibility index (Phi) is 6.89.